The highest BCUT2D eigenvalue weighted by Crippen LogP contribution is 2.24. The second kappa shape index (κ2) is 3.38. The van der Waals surface area contributed by atoms with Gasteiger partial charge in [-0.1, -0.05) is 12.1 Å². The second-order valence-electron chi connectivity index (χ2n) is 3.74. The molecule has 13 heavy (non-hydrogen) atoms. The molecule has 0 saturated heterocycles. The van der Waals surface area contributed by atoms with Crippen LogP contribution in [0.4, 0.5) is 5.69 Å². The van der Waals surface area contributed by atoms with E-state index in [1.54, 1.807) is 0 Å². The number of rotatable bonds is 1. The molecule has 70 valence electrons. The van der Waals surface area contributed by atoms with Crippen LogP contribution < -0.4 is 11.1 Å². The second-order valence-corrected chi connectivity index (χ2v) is 3.74. The molecule has 0 aromatic heterocycles. The van der Waals surface area contributed by atoms with Crippen LogP contribution >= 0.6 is 0 Å². The van der Waals surface area contributed by atoms with E-state index in [0.29, 0.717) is 0 Å². The molecule has 1 heterocycles. The minimum atomic E-state index is 0.133. The van der Waals surface area contributed by atoms with Gasteiger partial charge in [-0.05, 0) is 37.0 Å². The van der Waals surface area contributed by atoms with E-state index in [1.807, 2.05) is 6.92 Å². The number of fused-ring (bicyclic) bond motifs is 1. The van der Waals surface area contributed by atoms with Crippen molar-refractivity contribution in [1.82, 2.24) is 0 Å². The Hall–Kier alpha value is -1.02. The lowest BCUT2D eigenvalue weighted by Gasteiger charge is -2.19. The molecule has 1 aliphatic heterocycles. The number of aryl methyl sites for hydroxylation is 1. The van der Waals surface area contributed by atoms with Gasteiger partial charge in [0.15, 0.2) is 0 Å². The molecule has 1 aromatic rings. The van der Waals surface area contributed by atoms with Gasteiger partial charge >= 0.3 is 0 Å². The van der Waals surface area contributed by atoms with Gasteiger partial charge in [0, 0.05) is 18.3 Å². The van der Waals surface area contributed by atoms with Gasteiger partial charge in [0.25, 0.3) is 0 Å². The molecule has 1 aliphatic rings. The number of hydrogen-bond donors (Lipinski definition) is 2. The minimum absolute atomic E-state index is 0.133. The maximum absolute atomic E-state index is 5.82. The molecule has 3 N–H and O–H groups in total. The van der Waals surface area contributed by atoms with Gasteiger partial charge in [0.2, 0.25) is 0 Å². The third-order valence-electron chi connectivity index (χ3n) is 2.60. The molecular formula is C11H16N2. The topological polar surface area (TPSA) is 38.0 Å². The number of hydrogen-bond acceptors (Lipinski definition) is 2. The molecule has 1 atom stereocenters. The lowest BCUT2D eigenvalue weighted by Crippen LogP contribution is -2.13. The van der Waals surface area contributed by atoms with Crippen LogP contribution in [-0.4, -0.2) is 6.54 Å². The van der Waals surface area contributed by atoms with Crippen molar-refractivity contribution in [3.63, 3.8) is 0 Å². The van der Waals surface area contributed by atoms with Crippen LogP contribution in [0.15, 0.2) is 18.2 Å². The van der Waals surface area contributed by atoms with Crippen molar-refractivity contribution in [2.75, 3.05) is 11.9 Å². The first-order valence-electron chi connectivity index (χ1n) is 4.89. The highest BCUT2D eigenvalue weighted by Gasteiger charge is 2.09. The molecule has 0 radical (unpaired) electrons. The first-order chi connectivity index (χ1) is 6.27. The van der Waals surface area contributed by atoms with E-state index in [1.165, 1.54) is 29.7 Å². The summed E-state index contributed by atoms with van der Waals surface area (Å²) in [4.78, 5) is 0. The quantitative estimate of drug-likeness (QED) is 0.687. The van der Waals surface area contributed by atoms with E-state index >= 15 is 0 Å². The Labute approximate surface area is 79.1 Å². The first kappa shape index (κ1) is 8.57. The van der Waals surface area contributed by atoms with Crippen LogP contribution in [0.1, 0.15) is 30.5 Å². The summed E-state index contributed by atoms with van der Waals surface area (Å²) in [5.41, 5.74) is 9.74. The molecule has 0 saturated carbocycles. The fraction of sp³-hybridized carbons (Fsp3) is 0.455. The third-order valence-corrected chi connectivity index (χ3v) is 2.60. The van der Waals surface area contributed by atoms with E-state index < -0.39 is 0 Å². The Balaban J connectivity index is 2.35. The Morgan fingerprint density at radius 2 is 2.31 bits per heavy atom. The van der Waals surface area contributed by atoms with Gasteiger partial charge in [-0.15, -0.1) is 0 Å². The predicted molar refractivity (Wildman–Crippen MR) is 55.9 cm³/mol. The highest BCUT2D eigenvalue weighted by molar-refractivity contribution is 5.55. The summed E-state index contributed by atoms with van der Waals surface area (Å²) in [5.74, 6) is 0. The Kier molecular flexibility index (Phi) is 2.23. The monoisotopic (exact) mass is 176 g/mol. The molecule has 0 aliphatic carbocycles. The zero-order valence-corrected chi connectivity index (χ0v) is 8.01. The summed E-state index contributed by atoms with van der Waals surface area (Å²) in [6, 6.07) is 6.64. The summed E-state index contributed by atoms with van der Waals surface area (Å²) in [6.45, 7) is 3.11. The van der Waals surface area contributed by atoms with Crippen molar-refractivity contribution in [3.05, 3.63) is 29.3 Å². The minimum Gasteiger partial charge on any atom is -0.385 e. The van der Waals surface area contributed by atoms with Crippen molar-refractivity contribution in [3.8, 4) is 0 Å². The lowest BCUT2D eigenvalue weighted by atomic mass is 9.99. The SMILES string of the molecule is C[C@@H](N)c1ccc2c(c1)NCCC2. The summed E-state index contributed by atoms with van der Waals surface area (Å²) in [7, 11) is 0. The zero-order chi connectivity index (χ0) is 9.26. The summed E-state index contributed by atoms with van der Waals surface area (Å²) >= 11 is 0. The van der Waals surface area contributed by atoms with Crippen molar-refractivity contribution >= 4 is 5.69 Å². The highest BCUT2D eigenvalue weighted by atomic mass is 14.9. The molecular weight excluding hydrogens is 160 g/mol. The first-order valence-corrected chi connectivity index (χ1v) is 4.89. The van der Waals surface area contributed by atoms with Gasteiger partial charge in [0.1, 0.15) is 0 Å². The van der Waals surface area contributed by atoms with Crippen LogP contribution in [-0.2, 0) is 6.42 Å². The van der Waals surface area contributed by atoms with Gasteiger partial charge < -0.3 is 11.1 Å². The van der Waals surface area contributed by atoms with E-state index in [9.17, 15) is 0 Å². The van der Waals surface area contributed by atoms with Crippen molar-refractivity contribution < 1.29 is 0 Å². The van der Waals surface area contributed by atoms with Crippen molar-refractivity contribution in [2.45, 2.75) is 25.8 Å². The zero-order valence-electron chi connectivity index (χ0n) is 8.01. The van der Waals surface area contributed by atoms with Crippen LogP contribution in [0.25, 0.3) is 0 Å². The Morgan fingerprint density at radius 1 is 1.46 bits per heavy atom. The summed E-state index contributed by atoms with van der Waals surface area (Å²) in [6.07, 6.45) is 2.44. The standard InChI is InChI=1S/C11H16N2/c1-8(12)10-5-4-9-3-2-6-13-11(9)7-10/h4-5,7-8,13H,2-3,6,12H2,1H3/t8-/m1/s1. The van der Waals surface area contributed by atoms with E-state index in [2.05, 4.69) is 23.5 Å². The van der Waals surface area contributed by atoms with E-state index in [0.717, 1.165) is 6.54 Å². The summed E-state index contributed by atoms with van der Waals surface area (Å²) < 4.78 is 0. The van der Waals surface area contributed by atoms with Crippen LogP contribution in [0.2, 0.25) is 0 Å². The maximum atomic E-state index is 5.82. The number of nitrogens with two attached hydrogens (primary N) is 1. The van der Waals surface area contributed by atoms with Gasteiger partial charge in [-0.2, -0.15) is 0 Å². The average molecular weight is 176 g/mol. The fourth-order valence-electron chi connectivity index (χ4n) is 1.76. The summed E-state index contributed by atoms with van der Waals surface area (Å²) in [5, 5.41) is 3.40. The molecule has 2 nitrogen and oxygen atoms in total. The molecule has 0 bridgehead atoms. The van der Waals surface area contributed by atoms with Crippen LogP contribution in [0, 0.1) is 0 Å². The lowest BCUT2D eigenvalue weighted by molar-refractivity contribution is 0.802. The molecule has 0 fully saturated rings. The number of benzene rings is 1. The van der Waals surface area contributed by atoms with Crippen molar-refractivity contribution in [2.24, 2.45) is 5.73 Å². The maximum Gasteiger partial charge on any atom is 0.0376 e. The largest absolute Gasteiger partial charge is 0.385 e. The molecule has 0 amide bonds. The fourth-order valence-corrected chi connectivity index (χ4v) is 1.76. The van der Waals surface area contributed by atoms with Gasteiger partial charge in [-0.25, -0.2) is 0 Å². The molecule has 2 heteroatoms. The predicted octanol–water partition coefficient (Wildman–Crippen LogP) is 2.06. The Bertz CT molecular complexity index is 305. The number of nitrogens with one attached hydrogen (secondary N) is 1. The molecule has 0 spiro atoms. The van der Waals surface area contributed by atoms with Gasteiger partial charge in [0.05, 0.1) is 0 Å². The molecule has 0 unspecified atom stereocenters. The van der Waals surface area contributed by atoms with Crippen LogP contribution in [0.3, 0.4) is 0 Å². The van der Waals surface area contributed by atoms with E-state index in [-0.39, 0.29) is 6.04 Å². The van der Waals surface area contributed by atoms with Crippen molar-refractivity contribution in [1.29, 1.82) is 0 Å². The van der Waals surface area contributed by atoms with E-state index in [4.69, 9.17) is 5.73 Å². The molecule has 2 rings (SSSR count). The smallest absolute Gasteiger partial charge is 0.0376 e. The molecule has 1 aromatic carbocycles. The van der Waals surface area contributed by atoms with Crippen LogP contribution in [0.5, 0.6) is 0 Å². The van der Waals surface area contributed by atoms with Gasteiger partial charge in [-0.3, -0.25) is 0 Å². The Morgan fingerprint density at radius 3 is 3.08 bits per heavy atom. The average Bonchev–Trinajstić information content (AvgIpc) is 2.17. The normalized spacial score (nSPS) is 17.4. The number of anilines is 1. The third kappa shape index (κ3) is 1.68.